The number of amides is 1. The van der Waals surface area contributed by atoms with E-state index < -0.39 is 17.7 Å². The molecule has 1 saturated heterocycles. The van der Waals surface area contributed by atoms with Crippen LogP contribution >= 0.6 is 0 Å². The average Bonchev–Trinajstić information content (AvgIpc) is 3.20. The first-order valence-electron chi connectivity index (χ1n) is 12.1. The van der Waals surface area contributed by atoms with Gasteiger partial charge in [0.05, 0.1) is 11.6 Å². The molecule has 0 saturated carbocycles. The van der Waals surface area contributed by atoms with Gasteiger partial charge in [-0.25, -0.2) is 0 Å². The van der Waals surface area contributed by atoms with Crippen LogP contribution in [0.15, 0.2) is 109 Å². The summed E-state index contributed by atoms with van der Waals surface area (Å²) in [5.74, 6) is -0.910. The van der Waals surface area contributed by atoms with E-state index in [1.54, 1.807) is 18.2 Å². The van der Waals surface area contributed by atoms with Crippen molar-refractivity contribution in [2.75, 3.05) is 4.90 Å². The second-order valence-electron chi connectivity index (χ2n) is 9.15. The lowest BCUT2D eigenvalue weighted by Gasteiger charge is -2.25. The molecule has 1 aliphatic rings. The minimum absolute atomic E-state index is 0.0649. The largest absolute Gasteiger partial charge is 0.507 e. The maximum Gasteiger partial charge on any atom is 0.300 e. The minimum atomic E-state index is -0.785. The zero-order valence-corrected chi connectivity index (χ0v) is 20.7. The van der Waals surface area contributed by atoms with Crippen molar-refractivity contribution in [2.24, 2.45) is 0 Å². The van der Waals surface area contributed by atoms with E-state index in [-0.39, 0.29) is 11.3 Å². The van der Waals surface area contributed by atoms with E-state index in [4.69, 9.17) is 4.74 Å². The van der Waals surface area contributed by atoms with Gasteiger partial charge in [0.25, 0.3) is 11.7 Å². The van der Waals surface area contributed by atoms with Gasteiger partial charge in [0.1, 0.15) is 18.1 Å². The zero-order chi connectivity index (χ0) is 25.9. The SMILES string of the molecule is Cc1ccc(/C(O)=C2/C(=O)C(=O)N(c3ccccc3)C2c2ccc(OCc3ccccc3)cc2)cc1C. The van der Waals surface area contributed by atoms with Crippen molar-refractivity contribution in [3.05, 3.63) is 137 Å². The summed E-state index contributed by atoms with van der Waals surface area (Å²) in [6.07, 6.45) is 0. The van der Waals surface area contributed by atoms with E-state index in [0.717, 1.165) is 16.7 Å². The Hall–Kier alpha value is -4.64. The highest BCUT2D eigenvalue weighted by Gasteiger charge is 2.46. The molecule has 37 heavy (non-hydrogen) atoms. The highest BCUT2D eigenvalue weighted by molar-refractivity contribution is 6.51. The van der Waals surface area contributed by atoms with Crippen LogP contribution in [0.1, 0.15) is 33.9 Å². The summed E-state index contributed by atoms with van der Waals surface area (Å²) >= 11 is 0. The number of Topliss-reactive ketones (excluding diaryl/α,β-unsaturated/α-hetero) is 1. The molecule has 184 valence electrons. The summed E-state index contributed by atoms with van der Waals surface area (Å²) in [6, 6.07) is 30.9. The molecule has 1 heterocycles. The third-order valence-electron chi connectivity index (χ3n) is 6.70. The second kappa shape index (κ2) is 10.2. The van der Waals surface area contributed by atoms with Gasteiger partial charge in [-0.1, -0.05) is 72.8 Å². The van der Waals surface area contributed by atoms with E-state index in [0.29, 0.717) is 29.2 Å². The summed E-state index contributed by atoms with van der Waals surface area (Å²) in [6.45, 7) is 4.35. The highest BCUT2D eigenvalue weighted by atomic mass is 16.5. The molecule has 0 spiro atoms. The number of para-hydroxylation sites is 1. The summed E-state index contributed by atoms with van der Waals surface area (Å²) in [7, 11) is 0. The van der Waals surface area contributed by atoms with E-state index in [1.165, 1.54) is 4.90 Å². The normalized spacial score (nSPS) is 16.7. The minimum Gasteiger partial charge on any atom is -0.507 e. The van der Waals surface area contributed by atoms with Crippen LogP contribution in [0.2, 0.25) is 0 Å². The molecule has 4 aromatic carbocycles. The molecule has 1 N–H and O–H groups in total. The fraction of sp³-hybridized carbons (Fsp3) is 0.125. The Balaban J connectivity index is 1.56. The van der Waals surface area contributed by atoms with E-state index >= 15 is 0 Å². The van der Waals surface area contributed by atoms with Gasteiger partial charge in [-0.2, -0.15) is 0 Å². The molecule has 0 bridgehead atoms. The van der Waals surface area contributed by atoms with Crippen molar-refractivity contribution in [3.63, 3.8) is 0 Å². The van der Waals surface area contributed by atoms with Crippen LogP contribution in [0.25, 0.3) is 5.76 Å². The van der Waals surface area contributed by atoms with Crippen molar-refractivity contribution in [1.82, 2.24) is 0 Å². The van der Waals surface area contributed by atoms with Crippen LogP contribution in [0.4, 0.5) is 5.69 Å². The molecule has 5 nitrogen and oxygen atoms in total. The molecule has 0 aromatic heterocycles. The number of anilines is 1. The third kappa shape index (κ3) is 4.76. The summed E-state index contributed by atoms with van der Waals surface area (Å²) in [4.78, 5) is 28.1. The first kappa shape index (κ1) is 24.1. The molecule has 0 aliphatic carbocycles. The number of aryl methyl sites for hydroxylation is 2. The number of rotatable bonds is 6. The Morgan fingerprint density at radius 3 is 2.11 bits per heavy atom. The lowest BCUT2D eigenvalue weighted by atomic mass is 9.94. The molecular weight excluding hydrogens is 462 g/mol. The van der Waals surface area contributed by atoms with Crippen molar-refractivity contribution in [2.45, 2.75) is 26.5 Å². The number of ketones is 1. The van der Waals surface area contributed by atoms with Crippen molar-refractivity contribution in [3.8, 4) is 5.75 Å². The van der Waals surface area contributed by atoms with Gasteiger partial charge in [-0.3, -0.25) is 14.5 Å². The molecule has 1 atom stereocenters. The highest BCUT2D eigenvalue weighted by Crippen LogP contribution is 2.42. The Labute approximate surface area is 216 Å². The first-order valence-corrected chi connectivity index (χ1v) is 12.1. The summed E-state index contributed by atoms with van der Waals surface area (Å²) in [5, 5.41) is 11.3. The van der Waals surface area contributed by atoms with Gasteiger partial charge in [-0.15, -0.1) is 0 Å². The Bertz CT molecular complexity index is 1470. The Morgan fingerprint density at radius 1 is 0.811 bits per heavy atom. The smallest absolute Gasteiger partial charge is 0.300 e. The van der Waals surface area contributed by atoms with Crippen LogP contribution in [-0.2, 0) is 16.2 Å². The number of aliphatic hydroxyl groups is 1. The molecule has 5 rings (SSSR count). The predicted molar refractivity (Wildman–Crippen MR) is 144 cm³/mol. The molecule has 1 amide bonds. The van der Waals surface area contributed by atoms with Gasteiger partial charge in [-0.05, 0) is 66.4 Å². The van der Waals surface area contributed by atoms with Gasteiger partial charge in [0.15, 0.2) is 0 Å². The summed E-state index contributed by atoms with van der Waals surface area (Å²) < 4.78 is 5.92. The fourth-order valence-corrected chi connectivity index (χ4v) is 4.53. The second-order valence-corrected chi connectivity index (χ2v) is 9.15. The third-order valence-corrected chi connectivity index (χ3v) is 6.70. The maximum atomic E-state index is 13.3. The standard InChI is InChI=1S/C32H27NO4/c1-21-13-14-25(19-22(21)2)30(34)28-29(33(32(36)31(28)35)26-11-7-4-8-12-26)24-15-17-27(18-16-24)37-20-23-9-5-3-6-10-23/h3-19,29,34H,20H2,1-2H3/b30-28-. The Morgan fingerprint density at radius 2 is 1.46 bits per heavy atom. The van der Waals surface area contributed by atoms with Crippen LogP contribution in [0.3, 0.4) is 0 Å². The van der Waals surface area contributed by atoms with E-state index in [2.05, 4.69) is 0 Å². The number of carbonyl (C=O) groups is 2. The van der Waals surface area contributed by atoms with Crippen LogP contribution in [0.5, 0.6) is 5.75 Å². The fourth-order valence-electron chi connectivity index (χ4n) is 4.53. The zero-order valence-electron chi connectivity index (χ0n) is 20.7. The quantitative estimate of drug-likeness (QED) is 0.191. The van der Waals surface area contributed by atoms with Crippen molar-refractivity contribution < 1.29 is 19.4 Å². The van der Waals surface area contributed by atoms with E-state index in [9.17, 15) is 14.7 Å². The van der Waals surface area contributed by atoms with Crippen LogP contribution in [-0.4, -0.2) is 16.8 Å². The van der Waals surface area contributed by atoms with Crippen molar-refractivity contribution >= 4 is 23.1 Å². The number of hydrogen-bond donors (Lipinski definition) is 1. The van der Waals surface area contributed by atoms with Gasteiger partial charge >= 0.3 is 0 Å². The lowest BCUT2D eigenvalue weighted by molar-refractivity contribution is -0.132. The lowest BCUT2D eigenvalue weighted by Crippen LogP contribution is -2.29. The maximum absolute atomic E-state index is 13.3. The predicted octanol–water partition coefficient (Wildman–Crippen LogP) is 6.51. The van der Waals surface area contributed by atoms with Gasteiger partial charge in [0.2, 0.25) is 0 Å². The van der Waals surface area contributed by atoms with Gasteiger partial charge < -0.3 is 9.84 Å². The van der Waals surface area contributed by atoms with E-state index in [1.807, 2.05) is 98.8 Å². The molecule has 1 fully saturated rings. The number of benzene rings is 4. The first-order chi connectivity index (χ1) is 17.9. The molecule has 1 unspecified atom stereocenters. The molecule has 0 radical (unpaired) electrons. The number of ether oxygens (including phenoxy) is 1. The van der Waals surface area contributed by atoms with Crippen LogP contribution in [0, 0.1) is 13.8 Å². The summed E-state index contributed by atoms with van der Waals surface area (Å²) in [5.41, 5.74) is 4.95. The van der Waals surface area contributed by atoms with Crippen molar-refractivity contribution in [1.29, 1.82) is 0 Å². The monoisotopic (exact) mass is 489 g/mol. The topological polar surface area (TPSA) is 66.8 Å². The Kier molecular flexibility index (Phi) is 6.60. The average molecular weight is 490 g/mol. The van der Waals surface area contributed by atoms with Gasteiger partial charge in [0, 0.05) is 11.3 Å². The molecule has 5 heteroatoms. The molecular formula is C32H27NO4. The number of hydrogen-bond acceptors (Lipinski definition) is 4. The number of aliphatic hydroxyl groups excluding tert-OH is 1. The number of carbonyl (C=O) groups excluding carboxylic acids is 2. The molecule has 1 aliphatic heterocycles. The number of nitrogens with zero attached hydrogens (tertiary/aromatic N) is 1. The molecule has 4 aromatic rings. The van der Waals surface area contributed by atoms with Crippen LogP contribution < -0.4 is 9.64 Å².